The van der Waals surface area contributed by atoms with Crippen LogP contribution in [0.3, 0.4) is 0 Å². The van der Waals surface area contributed by atoms with E-state index in [9.17, 15) is 18.4 Å². The number of benzene rings is 3. The van der Waals surface area contributed by atoms with Crippen LogP contribution in [-0.2, 0) is 27.1 Å². The monoisotopic (exact) mass is 579 g/mol. The molecule has 0 N–H and O–H groups in total. The molecule has 1 saturated carbocycles. The van der Waals surface area contributed by atoms with Crippen molar-refractivity contribution < 1.29 is 18.4 Å². The molecule has 0 radical (unpaired) electrons. The molecule has 0 bridgehead atoms. The van der Waals surface area contributed by atoms with Crippen LogP contribution in [0.5, 0.6) is 0 Å². The highest BCUT2D eigenvalue weighted by molar-refractivity contribution is 6.31. The number of carbonyl (C=O) groups is 2. The highest BCUT2D eigenvalue weighted by Gasteiger charge is 2.62. The first-order valence-corrected chi connectivity index (χ1v) is 14.4. The average molecular weight is 580 g/mol. The van der Waals surface area contributed by atoms with Crippen LogP contribution in [0.1, 0.15) is 42.9 Å². The Balaban J connectivity index is 1.36. The summed E-state index contributed by atoms with van der Waals surface area (Å²) in [4.78, 5) is 32.4. The van der Waals surface area contributed by atoms with E-state index in [1.807, 2.05) is 48.3 Å². The molecule has 0 spiro atoms. The van der Waals surface area contributed by atoms with Crippen LogP contribution in [0.15, 0.2) is 72.8 Å². The van der Waals surface area contributed by atoms with Gasteiger partial charge in [0, 0.05) is 52.2 Å². The standard InChI is InChI=1S/C33H36ClF2N3O2/c1-23(40)38(3)32(25-10-5-4-6-11-25)15-17-39(18-16-32)22-27-20-33(27,26-13-14-29(35)30(36)19-26)31(41)37(2)21-24-9-7-8-12-28(24)34/h4-14,19,27H,15-18,20-22H2,1-3H3/t27-,33+/m0/s1. The average Bonchev–Trinajstić information content (AvgIpc) is 3.70. The van der Waals surface area contributed by atoms with E-state index in [1.165, 1.54) is 12.1 Å². The van der Waals surface area contributed by atoms with E-state index >= 15 is 0 Å². The molecule has 2 atom stereocenters. The van der Waals surface area contributed by atoms with Gasteiger partial charge in [0.1, 0.15) is 0 Å². The lowest BCUT2D eigenvalue weighted by atomic mass is 9.79. The number of carbonyl (C=O) groups excluding carboxylic acids is 2. The predicted octanol–water partition coefficient (Wildman–Crippen LogP) is 6.00. The molecular formula is C33H36ClF2N3O2. The molecule has 2 fully saturated rings. The molecule has 1 aliphatic heterocycles. The summed E-state index contributed by atoms with van der Waals surface area (Å²) >= 11 is 6.36. The summed E-state index contributed by atoms with van der Waals surface area (Å²) in [6.45, 7) is 4.07. The Morgan fingerprint density at radius 1 is 0.927 bits per heavy atom. The first-order chi connectivity index (χ1) is 19.6. The second-order valence-corrected chi connectivity index (χ2v) is 11.9. The zero-order valence-electron chi connectivity index (χ0n) is 23.7. The van der Waals surface area contributed by atoms with E-state index in [2.05, 4.69) is 17.0 Å². The third kappa shape index (κ3) is 5.50. The number of halogens is 3. The quantitative estimate of drug-likeness (QED) is 0.329. The van der Waals surface area contributed by atoms with Gasteiger partial charge in [-0.1, -0.05) is 66.2 Å². The zero-order valence-corrected chi connectivity index (χ0v) is 24.5. The number of rotatable bonds is 8. The van der Waals surface area contributed by atoms with Crippen molar-refractivity contribution >= 4 is 23.4 Å². The van der Waals surface area contributed by atoms with Crippen LogP contribution in [0.4, 0.5) is 8.78 Å². The summed E-state index contributed by atoms with van der Waals surface area (Å²) in [6.07, 6.45) is 2.08. The smallest absolute Gasteiger partial charge is 0.233 e. The van der Waals surface area contributed by atoms with E-state index in [0.29, 0.717) is 30.1 Å². The summed E-state index contributed by atoms with van der Waals surface area (Å²) in [6, 6.07) is 21.3. The second-order valence-electron chi connectivity index (χ2n) is 11.5. The number of amides is 2. The fourth-order valence-corrected chi connectivity index (χ4v) is 6.84. The molecule has 1 heterocycles. The molecule has 216 valence electrons. The lowest BCUT2D eigenvalue weighted by molar-refractivity contribution is -0.136. The van der Waals surface area contributed by atoms with E-state index in [1.54, 1.807) is 24.9 Å². The summed E-state index contributed by atoms with van der Waals surface area (Å²) in [5.41, 5.74) is 1.12. The fourth-order valence-electron chi connectivity index (χ4n) is 6.64. The van der Waals surface area contributed by atoms with E-state index in [4.69, 9.17) is 11.6 Å². The first-order valence-electron chi connectivity index (χ1n) is 14.1. The molecule has 2 amide bonds. The van der Waals surface area contributed by atoms with Gasteiger partial charge >= 0.3 is 0 Å². The number of nitrogens with zero attached hydrogens (tertiary/aromatic N) is 3. The van der Waals surface area contributed by atoms with E-state index in [-0.39, 0.29) is 17.7 Å². The van der Waals surface area contributed by atoms with Gasteiger partial charge in [0.15, 0.2) is 11.6 Å². The van der Waals surface area contributed by atoms with Crippen LogP contribution < -0.4 is 0 Å². The van der Waals surface area contributed by atoms with Crippen molar-refractivity contribution in [2.24, 2.45) is 5.92 Å². The maximum Gasteiger partial charge on any atom is 0.233 e. The first kappa shape index (κ1) is 29.2. The van der Waals surface area contributed by atoms with Gasteiger partial charge in [-0.15, -0.1) is 0 Å². The molecule has 0 aromatic heterocycles. The van der Waals surface area contributed by atoms with Crippen molar-refractivity contribution in [3.8, 4) is 0 Å². The maximum absolute atomic E-state index is 14.4. The second kappa shape index (κ2) is 11.5. The molecule has 1 saturated heterocycles. The van der Waals surface area contributed by atoms with Crippen LogP contribution in [0.2, 0.25) is 5.02 Å². The lowest BCUT2D eigenvalue weighted by Crippen LogP contribution is -2.53. The summed E-state index contributed by atoms with van der Waals surface area (Å²) in [5.74, 6) is -2.04. The zero-order chi connectivity index (χ0) is 29.4. The van der Waals surface area contributed by atoms with Gasteiger partial charge in [0.2, 0.25) is 11.8 Å². The van der Waals surface area contributed by atoms with Crippen LogP contribution in [0.25, 0.3) is 0 Å². The van der Waals surface area contributed by atoms with Crippen molar-refractivity contribution in [3.63, 3.8) is 0 Å². The normalized spacial score (nSPS) is 21.8. The van der Waals surface area contributed by atoms with E-state index < -0.39 is 22.6 Å². The van der Waals surface area contributed by atoms with Crippen LogP contribution in [-0.4, -0.2) is 60.2 Å². The number of hydrogen-bond donors (Lipinski definition) is 0. The van der Waals surface area contributed by atoms with Crippen molar-refractivity contribution in [1.82, 2.24) is 14.7 Å². The Labute approximate surface area is 245 Å². The Bertz CT molecular complexity index is 1430. The maximum atomic E-state index is 14.4. The van der Waals surface area contributed by atoms with Crippen LogP contribution >= 0.6 is 11.6 Å². The molecule has 0 unspecified atom stereocenters. The molecule has 5 rings (SSSR count). The Kier molecular flexibility index (Phi) is 8.22. The van der Waals surface area contributed by atoms with Crippen LogP contribution in [0, 0.1) is 17.6 Å². The third-order valence-corrected chi connectivity index (χ3v) is 9.59. The molecule has 5 nitrogen and oxygen atoms in total. The van der Waals surface area contributed by atoms with Crippen molar-refractivity contribution in [3.05, 3.63) is 106 Å². The minimum Gasteiger partial charge on any atom is -0.341 e. The number of piperidine rings is 1. The molecular weight excluding hydrogens is 544 g/mol. The lowest BCUT2D eigenvalue weighted by Gasteiger charge is -2.48. The molecule has 8 heteroatoms. The highest BCUT2D eigenvalue weighted by atomic mass is 35.5. The number of hydrogen-bond acceptors (Lipinski definition) is 3. The van der Waals surface area contributed by atoms with Gasteiger partial charge < -0.3 is 14.7 Å². The van der Waals surface area contributed by atoms with Gasteiger partial charge in [-0.2, -0.15) is 0 Å². The summed E-state index contributed by atoms with van der Waals surface area (Å²) in [5, 5.41) is 0.576. The van der Waals surface area contributed by atoms with Crippen molar-refractivity contribution in [2.45, 2.75) is 43.7 Å². The molecule has 2 aliphatic rings. The Morgan fingerprint density at radius 2 is 1.59 bits per heavy atom. The van der Waals surface area contributed by atoms with Crippen molar-refractivity contribution in [2.75, 3.05) is 33.7 Å². The molecule has 41 heavy (non-hydrogen) atoms. The van der Waals surface area contributed by atoms with E-state index in [0.717, 1.165) is 43.1 Å². The fraction of sp³-hybridized carbons (Fsp3) is 0.394. The van der Waals surface area contributed by atoms with Gasteiger partial charge in [-0.05, 0) is 60.1 Å². The van der Waals surface area contributed by atoms with Gasteiger partial charge in [-0.3, -0.25) is 9.59 Å². The van der Waals surface area contributed by atoms with Gasteiger partial charge in [0.25, 0.3) is 0 Å². The minimum absolute atomic E-state index is 0.0222. The number of likely N-dealkylation sites (tertiary alicyclic amines) is 1. The number of likely N-dealkylation sites (N-methyl/N-ethyl adjacent to an activating group) is 1. The predicted molar refractivity (Wildman–Crippen MR) is 156 cm³/mol. The largest absolute Gasteiger partial charge is 0.341 e. The Hall–Kier alpha value is -3.29. The minimum atomic E-state index is -0.952. The Morgan fingerprint density at radius 3 is 2.22 bits per heavy atom. The molecule has 3 aromatic rings. The molecule has 3 aromatic carbocycles. The topological polar surface area (TPSA) is 43.9 Å². The summed E-state index contributed by atoms with van der Waals surface area (Å²) < 4.78 is 28.3. The third-order valence-electron chi connectivity index (χ3n) is 9.22. The molecule has 1 aliphatic carbocycles. The van der Waals surface area contributed by atoms with Gasteiger partial charge in [0.05, 0.1) is 11.0 Å². The summed E-state index contributed by atoms with van der Waals surface area (Å²) in [7, 11) is 3.60. The highest BCUT2D eigenvalue weighted by Crippen LogP contribution is 2.56. The van der Waals surface area contributed by atoms with Gasteiger partial charge in [-0.25, -0.2) is 8.78 Å². The SMILES string of the molecule is CC(=O)N(C)C1(c2ccccc2)CCN(C[C@@H]2C[C@@]2(C(=O)N(C)Cc2ccccc2Cl)c2ccc(F)c(F)c2)CC1. The van der Waals surface area contributed by atoms with Crippen molar-refractivity contribution in [1.29, 1.82) is 0 Å².